The molecule has 2 heteroatoms. The molecule has 1 unspecified atom stereocenters. The van der Waals surface area contributed by atoms with E-state index in [9.17, 15) is 10.2 Å². The molecule has 2 N–H and O–H groups in total. The molecule has 0 aliphatic heterocycles. The molecule has 1 aliphatic carbocycles. The van der Waals surface area contributed by atoms with Gasteiger partial charge in [-0.25, -0.2) is 0 Å². The number of benzene rings is 1. The largest absolute Gasteiger partial charge is 0.368 e. The standard InChI is InChI=1S/C11H14O2/c12-11(13)10-7-3-5-8-4-1-2-6-9(8)10/h1-2,4,6,10-13H,3,5,7H2. The molecule has 13 heavy (non-hydrogen) atoms. The van der Waals surface area contributed by atoms with E-state index in [1.165, 1.54) is 5.56 Å². The lowest BCUT2D eigenvalue weighted by atomic mass is 9.82. The van der Waals surface area contributed by atoms with Crippen LogP contribution in [0, 0.1) is 0 Å². The second kappa shape index (κ2) is 3.48. The summed E-state index contributed by atoms with van der Waals surface area (Å²) in [6.45, 7) is 0. The van der Waals surface area contributed by atoms with E-state index in [0.717, 1.165) is 24.8 Å². The van der Waals surface area contributed by atoms with Crippen molar-refractivity contribution in [3.63, 3.8) is 0 Å². The average Bonchev–Trinajstić information content (AvgIpc) is 2.17. The normalized spacial score (nSPS) is 21.6. The Morgan fingerprint density at radius 2 is 2.00 bits per heavy atom. The van der Waals surface area contributed by atoms with E-state index in [1.807, 2.05) is 18.2 Å². The zero-order valence-electron chi connectivity index (χ0n) is 7.48. The van der Waals surface area contributed by atoms with Gasteiger partial charge >= 0.3 is 0 Å². The van der Waals surface area contributed by atoms with Crippen molar-refractivity contribution in [2.24, 2.45) is 0 Å². The predicted octanol–water partition coefficient (Wildman–Crippen LogP) is 1.42. The topological polar surface area (TPSA) is 40.5 Å². The Balaban J connectivity index is 2.37. The summed E-state index contributed by atoms with van der Waals surface area (Å²) in [6.07, 6.45) is 1.80. The third-order valence-electron chi connectivity index (χ3n) is 2.78. The van der Waals surface area contributed by atoms with Gasteiger partial charge in [0, 0.05) is 5.92 Å². The Morgan fingerprint density at radius 1 is 1.23 bits per heavy atom. The Labute approximate surface area is 77.8 Å². The zero-order valence-corrected chi connectivity index (χ0v) is 7.48. The molecule has 0 spiro atoms. The van der Waals surface area contributed by atoms with E-state index in [1.54, 1.807) is 0 Å². The monoisotopic (exact) mass is 178 g/mol. The SMILES string of the molecule is OC(O)C1CCCc2ccccc21. The third kappa shape index (κ3) is 1.60. The van der Waals surface area contributed by atoms with Crippen molar-refractivity contribution < 1.29 is 10.2 Å². The van der Waals surface area contributed by atoms with Gasteiger partial charge in [-0.1, -0.05) is 24.3 Å². The Morgan fingerprint density at radius 3 is 2.77 bits per heavy atom. The van der Waals surface area contributed by atoms with Gasteiger partial charge in [-0.05, 0) is 30.4 Å². The van der Waals surface area contributed by atoms with Crippen molar-refractivity contribution in [1.82, 2.24) is 0 Å². The van der Waals surface area contributed by atoms with Crippen molar-refractivity contribution in [3.8, 4) is 0 Å². The van der Waals surface area contributed by atoms with Crippen LogP contribution >= 0.6 is 0 Å². The van der Waals surface area contributed by atoms with Crippen LogP contribution in [0.3, 0.4) is 0 Å². The third-order valence-corrected chi connectivity index (χ3v) is 2.78. The second-order valence-corrected chi connectivity index (χ2v) is 3.61. The lowest BCUT2D eigenvalue weighted by Crippen LogP contribution is -2.22. The van der Waals surface area contributed by atoms with E-state index in [4.69, 9.17) is 0 Å². The van der Waals surface area contributed by atoms with Gasteiger partial charge in [-0.15, -0.1) is 0 Å². The first-order valence-electron chi connectivity index (χ1n) is 4.73. The number of rotatable bonds is 1. The van der Waals surface area contributed by atoms with Gasteiger partial charge in [-0.2, -0.15) is 0 Å². The molecule has 0 saturated heterocycles. The molecule has 0 fully saturated rings. The summed E-state index contributed by atoms with van der Waals surface area (Å²) < 4.78 is 0. The maximum absolute atomic E-state index is 9.18. The highest BCUT2D eigenvalue weighted by molar-refractivity contribution is 5.32. The van der Waals surface area contributed by atoms with Crippen LogP contribution in [-0.4, -0.2) is 16.5 Å². The summed E-state index contributed by atoms with van der Waals surface area (Å²) in [5, 5.41) is 18.4. The molecule has 0 aromatic heterocycles. The highest BCUT2D eigenvalue weighted by atomic mass is 16.5. The number of fused-ring (bicyclic) bond motifs is 1. The molecule has 0 saturated carbocycles. The molecule has 0 bridgehead atoms. The van der Waals surface area contributed by atoms with Crippen LogP contribution in [0.2, 0.25) is 0 Å². The summed E-state index contributed by atoms with van der Waals surface area (Å²) >= 11 is 0. The fraction of sp³-hybridized carbons (Fsp3) is 0.455. The van der Waals surface area contributed by atoms with Crippen LogP contribution in [0.25, 0.3) is 0 Å². The van der Waals surface area contributed by atoms with Crippen LogP contribution < -0.4 is 0 Å². The number of aliphatic hydroxyl groups is 2. The molecule has 1 aromatic carbocycles. The van der Waals surface area contributed by atoms with E-state index in [-0.39, 0.29) is 5.92 Å². The second-order valence-electron chi connectivity index (χ2n) is 3.61. The molecule has 0 radical (unpaired) electrons. The van der Waals surface area contributed by atoms with Crippen molar-refractivity contribution >= 4 is 0 Å². The van der Waals surface area contributed by atoms with Gasteiger partial charge < -0.3 is 10.2 Å². The summed E-state index contributed by atoms with van der Waals surface area (Å²) in [5.74, 6) is -0.0788. The maximum atomic E-state index is 9.18. The molecule has 0 amide bonds. The first-order chi connectivity index (χ1) is 6.29. The van der Waals surface area contributed by atoms with Gasteiger partial charge in [0.25, 0.3) is 0 Å². The van der Waals surface area contributed by atoms with E-state index in [2.05, 4.69) is 6.07 Å². The summed E-state index contributed by atoms with van der Waals surface area (Å²) in [7, 11) is 0. The molecule has 2 rings (SSSR count). The number of hydrogen-bond donors (Lipinski definition) is 2. The highest BCUT2D eigenvalue weighted by Crippen LogP contribution is 2.32. The van der Waals surface area contributed by atoms with Gasteiger partial charge in [-0.3, -0.25) is 0 Å². The molecule has 1 aliphatic rings. The Hall–Kier alpha value is -0.860. The van der Waals surface area contributed by atoms with Crippen molar-refractivity contribution in [3.05, 3.63) is 35.4 Å². The molecular weight excluding hydrogens is 164 g/mol. The number of aliphatic hydroxyl groups excluding tert-OH is 1. The lowest BCUT2D eigenvalue weighted by molar-refractivity contribution is -0.0636. The minimum absolute atomic E-state index is 0.0788. The summed E-state index contributed by atoms with van der Waals surface area (Å²) in [6, 6.07) is 8.03. The smallest absolute Gasteiger partial charge is 0.158 e. The fourth-order valence-corrected chi connectivity index (χ4v) is 2.10. The Bertz CT molecular complexity index is 294. The first-order valence-corrected chi connectivity index (χ1v) is 4.73. The molecule has 0 heterocycles. The molecule has 1 atom stereocenters. The number of aryl methyl sites for hydroxylation is 1. The maximum Gasteiger partial charge on any atom is 0.158 e. The fourth-order valence-electron chi connectivity index (χ4n) is 2.10. The van der Waals surface area contributed by atoms with Crippen LogP contribution in [0.4, 0.5) is 0 Å². The highest BCUT2D eigenvalue weighted by Gasteiger charge is 2.24. The van der Waals surface area contributed by atoms with Crippen LogP contribution in [0.15, 0.2) is 24.3 Å². The van der Waals surface area contributed by atoms with Gasteiger partial charge in [0.15, 0.2) is 6.29 Å². The minimum Gasteiger partial charge on any atom is -0.368 e. The van der Waals surface area contributed by atoms with E-state index < -0.39 is 6.29 Å². The Kier molecular flexibility index (Phi) is 2.34. The van der Waals surface area contributed by atoms with Crippen molar-refractivity contribution in [2.45, 2.75) is 31.5 Å². The van der Waals surface area contributed by atoms with Crippen LogP contribution in [0.5, 0.6) is 0 Å². The number of hydrogen-bond acceptors (Lipinski definition) is 2. The minimum atomic E-state index is -1.21. The van der Waals surface area contributed by atoms with E-state index in [0.29, 0.717) is 0 Å². The van der Waals surface area contributed by atoms with Gasteiger partial charge in [0.05, 0.1) is 0 Å². The van der Waals surface area contributed by atoms with Crippen LogP contribution in [-0.2, 0) is 6.42 Å². The molecular formula is C11H14O2. The van der Waals surface area contributed by atoms with Crippen LogP contribution in [0.1, 0.15) is 29.9 Å². The summed E-state index contributed by atoms with van der Waals surface area (Å²) in [4.78, 5) is 0. The lowest BCUT2D eigenvalue weighted by Gasteiger charge is -2.26. The molecule has 1 aromatic rings. The predicted molar refractivity (Wildman–Crippen MR) is 50.3 cm³/mol. The quantitative estimate of drug-likeness (QED) is 0.638. The van der Waals surface area contributed by atoms with Gasteiger partial charge in [0.2, 0.25) is 0 Å². The van der Waals surface area contributed by atoms with E-state index >= 15 is 0 Å². The molecule has 70 valence electrons. The molecule has 2 nitrogen and oxygen atoms in total. The zero-order chi connectivity index (χ0) is 9.26. The summed E-state index contributed by atoms with van der Waals surface area (Å²) in [5.41, 5.74) is 2.38. The van der Waals surface area contributed by atoms with Crippen molar-refractivity contribution in [2.75, 3.05) is 0 Å². The first kappa shape index (κ1) is 8.73. The average molecular weight is 178 g/mol. The van der Waals surface area contributed by atoms with Gasteiger partial charge in [0.1, 0.15) is 0 Å². The van der Waals surface area contributed by atoms with Crippen molar-refractivity contribution in [1.29, 1.82) is 0 Å².